The monoisotopic (exact) mass is 524 g/mol. The molecule has 1 aromatic heterocycles. The molecular weight excluding hydrogens is 484 g/mol. The molecule has 1 fully saturated rings. The lowest BCUT2D eigenvalue weighted by Gasteiger charge is -2.37. The third kappa shape index (κ3) is 6.85. The Labute approximate surface area is 232 Å². The summed E-state index contributed by atoms with van der Waals surface area (Å²) in [4.78, 5) is 16.8. The normalized spacial score (nSPS) is 14.2. The average Bonchev–Trinajstić information content (AvgIpc) is 2.96. The number of aromatic nitrogens is 2. The number of benzene rings is 3. The second-order valence-electron chi connectivity index (χ2n) is 10.7. The third-order valence-corrected chi connectivity index (χ3v) is 7.42. The van der Waals surface area contributed by atoms with Crippen molar-refractivity contribution in [2.45, 2.75) is 19.9 Å². The predicted molar refractivity (Wildman–Crippen MR) is 162 cm³/mol. The number of piperazine rings is 1. The number of methoxy groups -OCH3 is 1. The van der Waals surface area contributed by atoms with E-state index in [2.05, 4.69) is 82.4 Å². The number of rotatable bonds is 10. The zero-order chi connectivity index (χ0) is 27.2. The summed E-state index contributed by atoms with van der Waals surface area (Å²) in [5.41, 5.74) is 5.73. The lowest BCUT2D eigenvalue weighted by Crippen LogP contribution is -2.47. The molecule has 39 heavy (non-hydrogen) atoms. The molecule has 0 radical (unpaired) electrons. The number of hydrogen-bond acceptors (Lipinski definition) is 7. The summed E-state index contributed by atoms with van der Waals surface area (Å²) in [6.07, 6.45) is 3.05. The molecule has 0 unspecified atom stereocenters. The largest absolute Gasteiger partial charge is 0.497 e. The smallest absolute Gasteiger partial charge is 0.223 e. The van der Waals surface area contributed by atoms with Gasteiger partial charge in [0.2, 0.25) is 5.95 Å². The number of aryl methyl sites for hydroxylation is 1. The first-order chi connectivity index (χ1) is 19.0. The highest BCUT2D eigenvalue weighted by molar-refractivity contribution is 5.98. The van der Waals surface area contributed by atoms with Crippen LogP contribution in [0.15, 0.2) is 66.9 Å². The number of nitrogens with one attached hydrogen (secondary N) is 1. The van der Waals surface area contributed by atoms with Crippen molar-refractivity contribution in [2.75, 3.05) is 70.7 Å². The molecule has 7 nitrogen and oxygen atoms in total. The lowest BCUT2D eigenvalue weighted by molar-refractivity contribution is 0.242. The third-order valence-electron chi connectivity index (χ3n) is 7.42. The van der Waals surface area contributed by atoms with Gasteiger partial charge in [0.1, 0.15) is 5.75 Å². The molecule has 0 atom stereocenters. The maximum absolute atomic E-state index is 5.35. The van der Waals surface area contributed by atoms with E-state index in [0.29, 0.717) is 12.5 Å². The Morgan fingerprint density at radius 2 is 1.82 bits per heavy atom. The number of anilines is 2. The van der Waals surface area contributed by atoms with E-state index in [9.17, 15) is 0 Å². The Bertz CT molecular complexity index is 1400. The zero-order valence-corrected chi connectivity index (χ0v) is 23.7. The van der Waals surface area contributed by atoms with Crippen molar-refractivity contribution >= 4 is 22.4 Å². The molecule has 1 saturated heterocycles. The predicted octanol–water partition coefficient (Wildman–Crippen LogP) is 5.30. The maximum Gasteiger partial charge on any atom is 0.223 e. The molecular formula is C32H40N6O. The second kappa shape index (κ2) is 12.5. The fourth-order valence-corrected chi connectivity index (χ4v) is 5.25. The second-order valence-corrected chi connectivity index (χ2v) is 10.7. The highest BCUT2D eigenvalue weighted by Gasteiger charge is 2.20. The molecule has 0 amide bonds. The molecule has 5 rings (SSSR count). The van der Waals surface area contributed by atoms with Crippen LogP contribution >= 0.6 is 0 Å². The van der Waals surface area contributed by atoms with Gasteiger partial charge in [-0.1, -0.05) is 29.8 Å². The van der Waals surface area contributed by atoms with Crippen molar-refractivity contribution in [1.82, 2.24) is 19.8 Å². The van der Waals surface area contributed by atoms with E-state index in [1.807, 2.05) is 30.5 Å². The minimum absolute atomic E-state index is 0.618. The molecule has 1 aliphatic heterocycles. The summed E-state index contributed by atoms with van der Waals surface area (Å²) < 4.78 is 5.35. The Hall–Kier alpha value is -3.68. The van der Waals surface area contributed by atoms with Gasteiger partial charge in [0.15, 0.2) is 0 Å². The van der Waals surface area contributed by atoms with Gasteiger partial charge in [-0.15, -0.1) is 0 Å². The van der Waals surface area contributed by atoms with Crippen molar-refractivity contribution in [1.29, 1.82) is 0 Å². The van der Waals surface area contributed by atoms with Crippen molar-refractivity contribution in [3.05, 3.63) is 78.0 Å². The van der Waals surface area contributed by atoms with Gasteiger partial charge in [0, 0.05) is 55.6 Å². The van der Waals surface area contributed by atoms with Gasteiger partial charge >= 0.3 is 0 Å². The SMILES string of the molecule is COc1cccc(CNc2nccc(-c3cc(N4CCN(CCCN(C)C)CC4)c4cc(C)ccc4c3)n2)c1. The first-order valence-corrected chi connectivity index (χ1v) is 13.9. The highest BCUT2D eigenvalue weighted by atomic mass is 16.5. The van der Waals surface area contributed by atoms with E-state index in [-0.39, 0.29) is 0 Å². The Morgan fingerprint density at radius 3 is 2.62 bits per heavy atom. The molecule has 0 aliphatic carbocycles. The number of nitrogens with zero attached hydrogens (tertiary/aromatic N) is 5. The quantitative estimate of drug-likeness (QED) is 0.302. The molecule has 7 heteroatoms. The van der Waals surface area contributed by atoms with Gasteiger partial charge in [-0.3, -0.25) is 4.90 Å². The molecule has 4 aromatic rings. The van der Waals surface area contributed by atoms with Crippen molar-refractivity contribution in [2.24, 2.45) is 0 Å². The van der Waals surface area contributed by atoms with Crippen LogP contribution in [0.2, 0.25) is 0 Å². The number of hydrogen-bond donors (Lipinski definition) is 1. The molecule has 3 aromatic carbocycles. The fraction of sp³-hybridized carbons (Fsp3) is 0.375. The lowest BCUT2D eigenvalue weighted by atomic mass is 10.00. The van der Waals surface area contributed by atoms with E-state index in [1.54, 1.807) is 7.11 Å². The highest BCUT2D eigenvalue weighted by Crippen LogP contribution is 2.34. The molecule has 0 saturated carbocycles. The summed E-state index contributed by atoms with van der Waals surface area (Å²) in [6, 6.07) is 21.4. The minimum atomic E-state index is 0.618. The van der Waals surface area contributed by atoms with Crippen LogP contribution in [0, 0.1) is 6.92 Å². The van der Waals surface area contributed by atoms with Gasteiger partial charge in [-0.25, -0.2) is 9.97 Å². The summed E-state index contributed by atoms with van der Waals surface area (Å²) in [5.74, 6) is 1.46. The van der Waals surface area contributed by atoms with Crippen LogP contribution < -0.4 is 15.0 Å². The van der Waals surface area contributed by atoms with E-state index < -0.39 is 0 Å². The summed E-state index contributed by atoms with van der Waals surface area (Å²) in [7, 11) is 5.98. The average molecular weight is 525 g/mol. The van der Waals surface area contributed by atoms with Crippen molar-refractivity contribution in [3.63, 3.8) is 0 Å². The Kier molecular flexibility index (Phi) is 8.59. The maximum atomic E-state index is 5.35. The molecule has 1 aliphatic rings. The summed E-state index contributed by atoms with van der Waals surface area (Å²) in [6.45, 7) is 9.36. The van der Waals surface area contributed by atoms with Crippen molar-refractivity contribution in [3.8, 4) is 17.0 Å². The topological polar surface area (TPSA) is 56.8 Å². The van der Waals surface area contributed by atoms with Crippen LogP contribution in [0.1, 0.15) is 17.5 Å². The Morgan fingerprint density at radius 1 is 0.974 bits per heavy atom. The minimum Gasteiger partial charge on any atom is -0.497 e. The zero-order valence-electron chi connectivity index (χ0n) is 23.7. The standard InChI is InChI=1S/C32H40N6O/c1-24-9-10-26-21-27(30-11-12-33-32(35-30)34-23-25-7-5-8-28(20-25)39-4)22-31(29(26)19-24)38-17-15-37(16-18-38)14-6-13-36(2)3/h5,7-12,19-22H,6,13-18,23H2,1-4H3,(H,33,34,35). The summed E-state index contributed by atoms with van der Waals surface area (Å²) in [5, 5.41) is 5.93. The number of fused-ring (bicyclic) bond motifs is 1. The summed E-state index contributed by atoms with van der Waals surface area (Å²) >= 11 is 0. The molecule has 0 spiro atoms. The molecule has 2 heterocycles. The van der Waals surface area contributed by atoms with Crippen molar-refractivity contribution < 1.29 is 4.74 Å². The van der Waals surface area contributed by atoms with E-state index in [4.69, 9.17) is 9.72 Å². The van der Waals surface area contributed by atoms with Gasteiger partial charge in [0.25, 0.3) is 0 Å². The Balaban J connectivity index is 1.36. The first-order valence-electron chi connectivity index (χ1n) is 13.9. The van der Waals surface area contributed by atoms with Crippen LogP contribution in [0.3, 0.4) is 0 Å². The van der Waals surface area contributed by atoms with Gasteiger partial charge < -0.3 is 19.9 Å². The van der Waals surface area contributed by atoms with Crippen LogP contribution in [0.5, 0.6) is 5.75 Å². The molecule has 204 valence electrons. The van der Waals surface area contributed by atoms with E-state index in [1.165, 1.54) is 35.0 Å². The first kappa shape index (κ1) is 26.9. The number of ether oxygens (including phenoxy) is 1. The molecule has 0 bridgehead atoms. The van der Waals surface area contributed by atoms with Gasteiger partial charge in [-0.2, -0.15) is 0 Å². The molecule has 1 N–H and O–H groups in total. The van der Waals surface area contributed by atoms with Crippen LogP contribution in [0.25, 0.3) is 22.0 Å². The van der Waals surface area contributed by atoms with Crippen LogP contribution in [0.4, 0.5) is 11.6 Å². The van der Waals surface area contributed by atoms with E-state index >= 15 is 0 Å². The van der Waals surface area contributed by atoms with Crippen LogP contribution in [-0.2, 0) is 6.54 Å². The fourth-order valence-electron chi connectivity index (χ4n) is 5.25. The van der Waals surface area contributed by atoms with E-state index in [0.717, 1.165) is 55.3 Å². The van der Waals surface area contributed by atoms with Gasteiger partial charge in [0.05, 0.1) is 12.8 Å². The van der Waals surface area contributed by atoms with Gasteiger partial charge in [-0.05, 0) is 87.9 Å². The van der Waals surface area contributed by atoms with Crippen LogP contribution in [-0.4, -0.2) is 80.2 Å².